The first-order valence-corrected chi connectivity index (χ1v) is 18.8. The second kappa shape index (κ2) is 21.0. The topological polar surface area (TPSA) is 204 Å². The van der Waals surface area contributed by atoms with Crippen LogP contribution in [0, 0.1) is 5.41 Å². The molecule has 16 nitrogen and oxygen atoms in total. The number of amides is 4. The first kappa shape index (κ1) is 47.0. The Labute approximate surface area is 322 Å². The van der Waals surface area contributed by atoms with Gasteiger partial charge in [-0.2, -0.15) is 4.90 Å². The number of carbonyl (C=O) groups is 4. The summed E-state index contributed by atoms with van der Waals surface area (Å²) in [5.41, 5.74) is -3.39. The van der Waals surface area contributed by atoms with Gasteiger partial charge in [0.15, 0.2) is 5.84 Å². The van der Waals surface area contributed by atoms with Gasteiger partial charge in [0.25, 0.3) is 0 Å². The number of aromatic nitrogens is 2. The van der Waals surface area contributed by atoms with Gasteiger partial charge in [0.2, 0.25) is 5.88 Å². The number of hydrogen-bond acceptors (Lipinski definition) is 13. The zero-order chi connectivity index (χ0) is 40.6. The molecule has 4 amide bonds. The van der Waals surface area contributed by atoms with Crippen molar-refractivity contribution in [2.24, 2.45) is 4.99 Å². The third kappa shape index (κ3) is 21.3. The number of aliphatic imine (C=N–C) groups is 1. The third-order valence-electron chi connectivity index (χ3n) is 6.11. The third-order valence-corrected chi connectivity index (χ3v) is 6.67. The van der Waals surface area contributed by atoms with Crippen molar-refractivity contribution in [2.75, 3.05) is 18.5 Å². The van der Waals surface area contributed by atoms with Crippen molar-refractivity contribution in [2.45, 2.75) is 150 Å². The van der Waals surface area contributed by atoms with Crippen molar-refractivity contribution < 1.29 is 42.9 Å². The summed E-state index contributed by atoms with van der Waals surface area (Å²) in [6.07, 6.45) is 0.428. The fourth-order valence-corrected chi connectivity index (χ4v) is 4.56. The molecule has 0 aliphatic carbocycles. The van der Waals surface area contributed by atoms with Gasteiger partial charge >= 0.3 is 24.4 Å². The predicted octanol–water partition coefficient (Wildman–Crippen LogP) is 7.90. The zero-order valence-electron chi connectivity index (χ0n) is 33.4. The monoisotopic (exact) mass is 813 g/mol. The van der Waals surface area contributed by atoms with Gasteiger partial charge in [-0.25, -0.2) is 19.2 Å². The molecule has 0 aliphatic rings. The summed E-state index contributed by atoms with van der Waals surface area (Å²) < 4.78 is 27.7. The Bertz CT molecular complexity index is 1370. The number of amidine groups is 2. The highest BCUT2D eigenvalue weighted by atomic mass is 79.9. The molecular formula is C36H60BrN7O9. The normalized spacial score (nSPS) is 13.0. The van der Waals surface area contributed by atoms with Crippen LogP contribution in [0.15, 0.2) is 17.1 Å². The zero-order valence-corrected chi connectivity index (χ0v) is 35.0. The van der Waals surface area contributed by atoms with Crippen LogP contribution in [-0.2, 0) is 18.9 Å². The minimum atomic E-state index is -1.01. The van der Waals surface area contributed by atoms with E-state index in [0.717, 1.165) is 29.5 Å². The Kier molecular flexibility index (Phi) is 18.6. The van der Waals surface area contributed by atoms with E-state index in [4.69, 9.17) is 29.1 Å². The van der Waals surface area contributed by atoms with E-state index in [1.807, 2.05) is 0 Å². The Hall–Kier alpha value is -4.02. The fourth-order valence-electron chi connectivity index (χ4n) is 4.16. The number of nitrogens with zero attached hydrogens (tertiary/aromatic N) is 4. The average Bonchev–Trinajstić information content (AvgIpc) is 2.96. The number of carbonyl (C=O) groups excluding carboxylic acids is 4. The highest BCUT2D eigenvalue weighted by Crippen LogP contribution is 2.20. The van der Waals surface area contributed by atoms with E-state index in [-0.39, 0.29) is 36.4 Å². The Morgan fingerprint density at radius 1 is 0.755 bits per heavy atom. The summed E-state index contributed by atoms with van der Waals surface area (Å²) >= 11 is 3.45. The molecule has 3 N–H and O–H groups in total. The van der Waals surface area contributed by atoms with Crippen LogP contribution in [0.5, 0.6) is 5.88 Å². The smallest absolute Gasteiger partial charge is 0.425 e. The van der Waals surface area contributed by atoms with Gasteiger partial charge in [-0.05, 0) is 102 Å². The van der Waals surface area contributed by atoms with Gasteiger partial charge in [0.05, 0.1) is 12.6 Å². The molecule has 0 radical (unpaired) electrons. The summed E-state index contributed by atoms with van der Waals surface area (Å²) in [4.78, 5) is 58.0. The molecule has 1 atom stereocenters. The molecule has 0 aliphatic heterocycles. The van der Waals surface area contributed by atoms with Gasteiger partial charge in [-0.15, -0.1) is 10.2 Å². The molecule has 0 saturated heterocycles. The summed E-state index contributed by atoms with van der Waals surface area (Å²) in [6, 6.07) is 2.02. The first-order valence-electron chi connectivity index (χ1n) is 17.7. The molecule has 1 unspecified atom stereocenters. The molecule has 1 aromatic rings. The highest BCUT2D eigenvalue weighted by Gasteiger charge is 2.39. The number of ether oxygens (including phenoxy) is 5. The van der Waals surface area contributed by atoms with E-state index in [9.17, 15) is 19.2 Å². The maximum Gasteiger partial charge on any atom is 0.425 e. The van der Waals surface area contributed by atoms with Crippen LogP contribution in [0.2, 0.25) is 0 Å². The second-order valence-corrected chi connectivity index (χ2v) is 16.9. The largest absolute Gasteiger partial charge is 0.477 e. The molecule has 0 fully saturated rings. The number of rotatable bonds is 14. The molecule has 1 heterocycles. The minimum Gasteiger partial charge on any atom is -0.477 e. The Balaban J connectivity index is 3.37. The van der Waals surface area contributed by atoms with Crippen LogP contribution in [0.25, 0.3) is 0 Å². The van der Waals surface area contributed by atoms with Gasteiger partial charge in [0.1, 0.15) is 33.9 Å². The lowest BCUT2D eigenvalue weighted by Crippen LogP contribution is -2.55. The van der Waals surface area contributed by atoms with Crippen LogP contribution in [0.4, 0.5) is 19.2 Å². The maximum absolute atomic E-state index is 13.7. The van der Waals surface area contributed by atoms with Crippen LogP contribution < -0.4 is 15.4 Å². The van der Waals surface area contributed by atoms with Crippen molar-refractivity contribution >= 4 is 52.0 Å². The highest BCUT2D eigenvalue weighted by molar-refractivity contribution is 9.09. The summed E-state index contributed by atoms with van der Waals surface area (Å²) in [7, 11) is 0. The molecular weight excluding hydrogens is 754 g/mol. The quantitative estimate of drug-likeness (QED) is 0.0541. The van der Waals surface area contributed by atoms with Crippen LogP contribution in [0.1, 0.15) is 127 Å². The SMILES string of the molecule is CC(C)(C)OC(=O)NC(=N)c1ccc(OCCCN=C(C(CCCCCCBr)NC(=O)OC(C)(C)C)N(C(=O)OC(C)(C)C)C(=O)OC(C)(C)C)nn1. The summed E-state index contributed by atoms with van der Waals surface area (Å²) in [5, 5.41) is 22.0. The molecule has 0 spiro atoms. The van der Waals surface area contributed by atoms with E-state index in [0.29, 0.717) is 19.3 Å². The van der Waals surface area contributed by atoms with E-state index < -0.39 is 52.8 Å². The number of alkyl halides is 1. The molecule has 1 rings (SSSR count). The summed E-state index contributed by atoms with van der Waals surface area (Å²) in [5.74, 6) is -0.211. The standard InChI is InChI=1S/C36H60BrN7O9/c1-33(2,3)50-29(45)40-25(18-15-13-14-16-21-37)28(44(31(47)52-35(7,8)9)32(48)53-36(10,11)12)39-22-17-23-49-26-20-19-24(42-43-26)27(38)41-30(46)51-34(4,5)6/h19-20,25H,13-18,21-23H2,1-12H3,(H,40,45)(H2,38,41,46). The number of alkyl carbamates (subject to hydrolysis) is 2. The fraction of sp³-hybridized carbons (Fsp3) is 0.722. The lowest BCUT2D eigenvalue weighted by atomic mass is 10.1. The van der Waals surface area contributed by atoms with Crippen molar-refractivity contribution in [3.05, 3.63) is 17.8 Å². The lowest BCUT2D eigenvalue weighted by molar-refractivity contribution is 0.0133. The van der Waals surface area contributed by atoms with Gasteiger partial charge in [0, 0.05) is 24.4 Å². The number of unbranched alkanes of at least 4 members (excludes halogenated alkanes) is 3. The Morgan fingerprint density at radius 3 is 1.77 bits per heavy atom. The van der Waals surface area contributed by atoms with E-state index >= 15 is 0 Å². The number of halogens is 1. The molecule has 300 valence electrons. The Morgan fingerprint density at radius 2 is 1.28 bits per heavy atom. The van der Waals surface area contributed by atoms with Crippen molar-refractivity contribution in [1.82, 2.24) is 25.7 Å². The number of imide groups is 1. The molecule has 0 aromatic carbocycles. The van der Waals surface area contributed by atoms with Crippen molar-refractivity contribution in [1.29, 1.82) is 5.41 Å². The predicted molar refractivity (Wildman–Crippen MR) is 205 cm³/mol. The maximum atomic E-state index is 13.7. The van der Waals surface area contributed by atoms with Crippen LogP contribution in [0.3, 0.4) is 0 Å². The molecule has 17 heteroatoms. The van der Waals surface area contributed by atoms with Crippen LogP contribution in [-0.4, -0.2) is 98.1 Å². The van der Waals surface area contributed by atoms with Crippen molar-refractivity contribution in [3.63, 3.8) is 0 Å². The van der Waals surface area contributed by atoms with Crippen LogP contribution >= 0.6 is 15.9 Å². The van der Waals surface area contributed by atoms with E-state index in [1.54, 1.807) is 83.1 Å². The van der Waals surface area contributed by atoms with Crippen molar-refractivity contribution in [3.8, 4) is 5.88 Å². The molecule has 53 heavy (non-hydrogen) atoms. The van der Waals surface area contributed by atoms with Gasteiger partial charge in [-0.1, -0.05) is 35.2 Å². The molecule has 0 bridgehead atoms. The van der Waals surface area contributed by atoms with Gasteiger partial charge in [-0.3, -0.25) is 15.7 Å². The van der Waals surface area contributed by atoms with Gasteiger partial charge < -0.3 is 29.0 Å². The second-order valence-electron chi connectivity index (χ2n) is 16.1. The summed E-state index contributed by atoms with van der Waals surface area (Å²) in [6.45, 7) is 20.5. The molecule has 1 aromatic heterocycles. The first-order chi connectivity index (χ1) is 24.3. The average molecular weight is 815 g/mol. The lowest BCUT2D eigenvalue weighted by Gasteiger charge is -2.32. The number of nitrogens with one attached hydrogen (secondary N) is 3. The number of hydrogen-bond donors (Lipinski definition) is 3. The molecule has 0 saturated carbocycles. The van der Waals surface area contributed by atoms with E-state index in [1.165, 1.54) is 12.1 Å². The minimum absolute atomic E-state index is 0.0590. The van der Waals surface area contributed by atoms with E-state index in [2.05, 4.69) is 41.8 Å².